The van der Waals surface area contributed by atoms with Crippen molar-refractivity contribution < 1.29 is 13.5 Å². The van der Waals surface area contributed by atoms with Crippen molar-refractivity contribution in [2.75, 3.05) is 20.1 Å². The van der Waals surface area contributed by atoms with E-state index in [1.165, 1.54) is 0 Å². The van der Waals surface area contributed by atoms with Crippen molar-refractivity contribution in [2.24, 2.45) is 0 Å². The lowest BCUT2D eigenvalue weighted by Gasteiger charge is -2.30. The summed E-state index contributed by atoms with van der Waals surface area (Å²) >= 11 is 0. The first-order valence-corrected chi connectivity index (χ1v) is 8.51. The summed E-state index contributed by atoms with van der Waals surface area (Å²) in [5.74, 6) is -0.0406. The molecule has 20 heavy (non-hydrogen) atoms. The zero-order valence-electron chi connectivity index (χ0n) is 11.7. The molecule has 0 aliphatic carbocycles. The first kappa shape index (κ1) is 15.4. The first-order valence-electron chi connectivity index (χ1n) is 6.86. The van der Waals surface area contributed by atoms with Gasteiger partial charge in [-0.3, -0.25) is 0 Å². The van der Waals surface area contributed by atoms with E-state index in [2.05, 4.69) is 9.62 Å². The van der Waals surface area contributed by atoms with Crippen LogP contribution < -0.4 is 4.72 Å². The number of hydrogen-bond donors (Lipinski definition) is 2. The minimum absolute atomic E-state index is 0.000209. The van der Waals surface area contributed by atoms with Gasteiger partial charge in [0.1, 0.15) is 0 Å². The highest BCUT2D eigenvalue weighted by Gasteiger charge is 2.22. The topological polar surface area (TPSA) is 69.6 Å². The zero-order chi connectivity index (χ0) is 14.6. The number of likely N-dealkylation sites (N-methyl/N-ethyl adjacent to an activating group) is 1. The van der Waals surface area contributed by atoms with Crippen LogP contribution in [0.2, 0.25) is 0 Å². The normalized spacial score (nSPS) is 21.0. The van der Waals surface area contributed by atoms with Crippen LogP contribution in [0.25, 0.3) is 0 Å². The van der Waals surface area contributed by atoms with Crippen LogP contribution in [0.4, 0.5) is 0 Å². The van der Waals surface area contributed by atoms with E-state index in [0.29, 0.717) is 5.56 Å². The monoisotopic (exact) mass is 298 g/mol. The number of nitrogens with zero attached hydrogens (tertiary/aromatic N) is 1. The molecule has 0 radical (unpaired) electrons. The fraction of sp³-hybridized carbons (Fsp3) is 0.571. The third-order valence-corrected chi connectivity index (χ3v) is 4.91. The number of likely N-dealkylation sites (tertiary alicyclic amines) is 1. The van der Waals surface area contributed by atoms with Crippen molar-refractivity contribution in [3.63, 3.8) is 0 Å². The molecule has 1 aliphatic heterocycles. The van der Waals surface area contributed by atoms with E-state index in [9.17, 15) is 8.42 Å². The summed E-state index contributed by atoms with van der Waals surface area (Å²) in [6, 6.07) is 7.04. The van der Waals surface area contributed by atoms with Gasteiger partial charge in [0, 0.05) is 12.6 Å². The Hall–Kier alpha value is -0.950. The second-order valence-corrected chi connectivity index (χ2v) is 7.21. The molecule has 112 valence electrons. The van der Waals surface area contributed by atoms with Gasteiger partial charge >= 0.3 is 0 Å². The van der Waals surface area contributed by atoms with Gasteiger partial charge in [0.05, 0.1) is 12.4 Å². The molecule has 1 aromatic rings. The average Bonchev–Trinajstić information content (AvgIpc) is 2.37. The van der Waals surface area contributed by atoms with Gasteiger partial charge in [0.25, 0.3) is 0 Å². The predicted octanol–water partition coefficient (Wildman–Crippen LogP) is 0.692. The van der Waals surface area contributed by atoms with E-state index >= 15 is 0 Å². The number of piperidine rings is 1. The SMILES string of the molecule is CN1CCCC(NS(=O)(=O)Cc2cccc(CO)c2)C1. The van der Waals surface area contributed by atoms with Crippen molar-refractivity contribution in [3.05, 3.63) is 35.4 Å². The van der Waals surface area contributed by atoms with Crippen LogP contribution >= 0.6 is 0 Å². The molecule has 1 saturated heterocycles. The molecule has 5 nitrogen and oxygen atoms in total. The highest BCUT2D eigenvalue weighted by atomic mass is 32.2. The van der Waals surface area contributed by atoms with Gasteiger partial charge in [-0.15, -0.1) is 0 Å². The Labute approximate surface area is 120 Å². The lowest BCUT2D eigenvalue weighted by atomic mass is 10.1. The Bertz CT molecular complexity index is 545. The third-order valence-electron chi connectivity index (χ3n) is 3.50. The number of rotatable bonds is 5. The van der Waals surface area contributed by atoms with Crippen LogP contribution in [0.3, 0.4) is 0 Å². The third kappa shape index (κ3) is 4.56. The van der Waals surface area contributed by atoms with Gasteiger partial charge in [-0.25, -0.2) is 13.1 Å². The van der Waals surface area contributed by atoms with E-state index in [0.717, 1.165) is 31.5 Å². The molecule has 1 fully saturated rings. The Morgan fingerprint density at radius 2 is 2.15 bits per heavy atom. The number of aliphatic hydroxyl groups excluding tert-OH is 1. The Morgan fingerprint density at radius 3 is 2.85 bits per heavy atom. The van der Waals surface area contributed by atoms with E-state index in [-0.39, 0.29) is 18.4 Å². The quantitative estimate of drug-likeness (QED) is 0.839. The summed E-state index contributed by atoms with van der Waals surface area (Å²) in [5, 5.41) is 9.08. The molecule has 6 heteroatoms. The molecule has 1 unspecified atom stereocenters. The summed E-state index contributed by atoms with van der Waals surface area (Å²) in [6.45, 7) is 1.71. The number of aliphatic hydroxyl groups is 1. The molecule has 0 spiro atoms. The standard InChI is InChI=1S/C14H22N2O3S/c1-16-7-3-6-14(9-16)15-20(18,19)11-13-5-2-4-12(8-13)10-17/h2,4-5,8,14-15,17H,3,6-7,9-11H2,1H3. The smallest absolute Gasteiger partial charge is 0.216 e. The van der Waals surface area contributed by atoms with Crippen molar-refractivity contribution >= 4 is 10.0 Å². The number of hydrogen-bond acceptors (Lipinski definition) is 4. The van der Waals surface area contributed by atoms with Crippen LogP contribution in [-0.2, 0) is 22.4 Å². The second kappa shape index (κ2) is 6.67. The summed E-state index contributed by atoms with van der Waals surface area (Å²) < 4.78 is 27.1. The molecule has 2 N–H and O–H groups in total. The Balaban J connectivity index is 1.99. The predicted molar refractivity (Wildman–Crippen MR) is 78.6 cm³/mol. The lowest BCUT2D eigenvalue weighted by Crippen LogP contribution is -2.46. The lowest BCUT2D eigenvalue weighted by molar-refractivity contribution is 0.242. The fourth-order valence-corrected chi connectivity index (χ4v) is 4.00. The number of benzene rings is 1. The molecule has 1 atom stereocenters. The van der Waals surface area contributed by atoms with Crippen LogP contribution in [0.15, 0.2) is 24.3 Å². The second-order valence-electron chi connectivity index (χ2n) is 5.46. The van der Waals surface area contributed by atoms with Gasteiger partial charge in [0.2, 0.25) is 10.0 Å². The number of sulfonamides is 1. The molecule has 1 aliphatic rings. The van der Waals surface area contributed by atoms with E-state index < -0.39 is 10.0 Å². The molecule has 0 aromatic heterocycles. The molecule has 0 amide bonds. The molecule has 0 bridgehead atoms. The summed E-state index contributed by atoms with van der Waals surface area (Å²) in [7, 11) is -1.34. The van der Waals surface area contributed by atoms with Crippen molar-refractivity contribution in [1.29, 1.82) is 0 Å². The van der Waals surface area contributed by atoms with Crippen LogP contribution in [0, 0.1) is 0 Å². The van der Waals surface area contributed by atoms with Crippen molar-refractivity contribution in [1.82, 2.24) is 9.62 Å². The minimum Gasteiger partial charge on any atom is -0.392 e. The Morgan fingerprint density at radius 1 is 1.40 bits per heavy atom. The van der Waals surface area contributed by atoms with E-state index in [1.54, 1.807) is 24.3 Å². The largest absolute Gasteiger partial charge is 0.392 e. The van der Waals surface area contributed by atoms with Gasteiger partial charge in [0.15, 0.2) is 0 Å². The van der Waals surface area contributed by atoms with Gasteiger partial charge in [-0.05, 0) is 37.6 Å². The summed E-state index contributed by atoms with van der Waals surface area (Å²) in [4.78, 5) is 2.14. The van der Waals surface area contributed by atoms with Gasteiger partial charge in [-0.2, -0.15) is 0 Å². The average molecular weight is 298 g/mol. The molecule has 1 aromatic carbocycles. The van der Waals surface area contributed by atoms with Crippen molar-refractivity contribution in [2.45, 2.75) is 31.2 Å². The maximum atomic E-state index is 12.2. The molecule has 1 heterocycles. The summed E-state index contributed by atoms with van der Waals surface area (Å²) in [6.07, 6.45) is 1.91. The Kier molecular flexibility index (Phi) is 5.15. The van der Waals surface area contributed by atoms with E-state index in [1.807, 2.05) is 7.05 Å². The van der Waals surface area contributed by atoms with Crippen LogP contribution in [-0.4, -0.2) is 44.6 Å². The maximum absolute atomic E-state index is 12.2. The highest BCUT2D eigenvalue weighted by molar-refractivity contribution is 7.88. The number of nitrogens with one attached hydrogen (secondary N) is 1. The first-order chi connectivity index (χ1) is 9.48. The molecule has 2 rings (SSSR count). The molecule has 0 saturated carbocycles. The van der Waals surface area contributed by atoms with Gasteiger partial charge < -0.3 is 10.0 Å². The molecular formula is C14H22N2O3S. The minimum atomic E-state index is -3.34. The van der Waals surface area contributed by atoms with Gasteiger partial charge in [-0.1, -0.05) is 24.3 Å². The zero-order valence-corrected chi connectivity index (χ0v) is 12.6. The fourth-order valence-electron chi connectivity index (χ4n) is 2.60. The van der Waals surface area contributed by atoms with Crippen molar-refractivity contribution in [3.8, 4) is 0 Å². The summed E-state index contributed by atoms with van der Waals surface area (Å²) in [5.41, 5.74) is 1.43. The van der Waals surface area contributed by atoms with Crippen LogP contribution in [0.1, 0.15) is 24.0 Å². The van der Waals surface area contributed by atoms with E-state index in [4.69, 9.17) is 5.11 Å². The van der Waals surface area contributed by atoms with Crippen LogP contribution in [0.5, 0.6) is 0 Å². The highest BCUT2D eigenvalue weighted by Crippen LogP contribution is 2.12. The molecular weight excluding hydrogens is 276 g/mol. The maximum Gasteiger partial charge on any atom is 0.216 e.